The van der Waals surface area contributed by atoms with E-state index >= 15 is 0 Å². The summed E-state index contributed by atoms with van der Waals surface area (Å²) in [7, 11) is 0. The molecule has 0 unspecified atom stereocenters. The maximum Gasteiger partial charge on any atom is 0.147 e. The number of benzene rings is 1. The van der Waals surface area contributed by atoms with E-state index in [9.17, 15) is 0 Å². The average Bonchev–Trinajstić information content (AvgIpc) is 2.91. The maximum atomic E-state index is 4.34. The molecule has 0 bridgehead atoms. The van der Waals surface area contributed by atoms with Crippen molar-refractivity contribution < 1.29 is 0 Å². The molecule has 112 valence electrons. The predicted octanol–water partition coefficient (Wildman–Crippen LogP) is 3.54. The van der Waals surface area contributed by atoms with Gasteiger partial charge in [0.25, 0.3) is 0 Å². The van der Waals surface area contributed by atoms with Crippen molar-refractivity contribution in [3.8, 4) is 0 Å². The second-order valence-corrected chi connectivity index (χ2v) is 6.61. The molecule has 0 radical (unpaired) electrons. The van der Waals surface area contributed by atoms with Crippen LogP contribution in [0.1, 0.15) is 48.6 Å². The Kier molecular flexibility index (Phi) is 4.40. The molecule has 0 fully saturated rings. The van der Waals surface area contributed by atoms with E-state index in [1.54, 1.807) is 0 Å². The molecule has 0 spiro atoms. The summed E-state index contributed by atoms with van der Waals surface area (Å²) in [6.07, 6.45) is 3.54. The SMILES string of the molecule is Cc1cc([C@H](C)NCc2nnc3n2CCCC3)ccc1Br. The molecule has 2 aromatic rings. The number of fused-ring (bicyclic) bond motifs is 1. The fraction of sp³-hybridized carbons (Fsp3) is 0.500. The Hall–Kier alpha value is -1.20. The molecule has 0 aliphatic carbocycles. The lowest BCUT2D eigenvalue weighted by atomic mass is 10.1. The summed E-state index contributed by atoms with van der Waals surface area (Å²) in [5.41, 5.74) is 2.56. The highest BCUT2D eigenvalue weighted by Gasteiger charge is 2.16. The Morgan fingerprint density at radius 3 is 3.00 bits per heavy atom. The van der Waals surface area contributed by atoms with Crippen molar-refractivity contribution in [1.29, 1.82) is 0 Å². The molecule has 1 aromatic heterocycles. The summed E-state index contributed by atoms with van der Waals surface area (Å²) >= 11 is 3.55. The van der Waals surface area contributed by atoms with E-state index in [0.29, 0.717) is 6.04 Å². The molecule has 1 aliphatic heterocycles. The van der Waals surface area contributed by atoms with Crippen LogP contribution in [0, 0.1) is 6.92 Å². The van der Waals surface area contributed by atoms with Gasteiger partial charge in [0, 0.05) is 23.5 Å². The van der Waals surface area contributed by atoms with Gasteiger partial charge in [0.15, 0.2) is 0 Å². The lowest BCUT2D eigenvalue weighted by molar-refractivity contribution is 0.484. The van der Waals surface area contributed by atoms with E-state index in [1.807, 2.05) is 0 Å². The van der Waals surface area contributed by atoms with Crippen molar-refractivity contribution >= 4 is 15.9 Å². The van der Waals surface area contributed by atoms with E-state index in [0.717, 1.165) is 35.6 Å². The number of hydrogen-bond donors (Lipinski definition) is 1. The van der Waals surface area contributed by atoms with E-state index in [1.165, 1.54) is 24.0 Å². The molecule has 5 heteroatoms. The molecule has 2 heterocycles. The average molecular weight is 349 g/mol. The van der Waals surface area contributed by atoms with Crippen LogP contribution in [-0.4, -0.2) is 14.8 Å². The van der Waals surface area contributed by atoms with Crippen LogP contribution < -0.4 is 5.32 Å². The first-order chi connectivity index (χ1) is 10.1. The van der Waals surface area contributed by atoms with Gasteiger partial charge in [-0.3, -0.25) is 0 Å². The molecule has 1 aliphatic rings. The lowest BCUT2D eigenvalue weighted by Crippen LogP contribution is -2.22. The molecule has 1 aromatic carbocycles. The smallest absolute Gasteiger partial charge is 0.147 e. The number of rotatable bonds is 4. The van der Waals surface area contributed by atoms with Crippen LogP contribution in [0.3, 0.4) is 0 Å². The summed E-state index contributed by atoms with van der Waals surface area (Å²) in [5, 5.41) is 12.2. The third-order valence-electron chi connectivity index (χ3n) is 4.18. The number of hydrogen-bond acceptors (Lipinski definition) is 3. The number of nitrogens with zero attached hydrogens (tertiary/aromatic N) is 3. The normalized spacial score (nSPS) is 15.8. The first-order valence-electron chi connectivity index (χ1n) is 7.55. The Balaban J connectivity index is 1.67. The van der Waals surface area contributed by atoms with Gasteiger partial charge in [-0.1, -0.05) is 28.1 Å². The van der Waals surface area contributed by atoms with Gasteiger partial charge >= 0.3 is 0 Å². The fourth-order valence-corrected chi connectivity index (χ4v) is 3.05. The molecule has 1 N–H and O–H groups in total. The second-order valence-electron chi connectivity index (χ2n) is 5.75. The topological polar surface area (TPSA) is 42.7 Å². The monoisotopic (exact) mass is 348 g/mol. The summed E-state index contributed by atoms with van der Waals surface area (Å²) < 4.78 is 3.43. The zero-order valence-corrected chi connectivity index (χ0v) is 14.2. The van der Waals surface area contributed by atoms with Gasteiger partial charge in [0.1, 0.15) is 11.6 Å². The number of aryl methyl sites for hydroxylation is 2. The Labute approximate surface area is 134 Å². The fourth-order valence-electron chi connectivity index (χ4n) is 2.80. The highest BCUT2D eigenvalue weighted by atomic mass is 79.9. The van der Waals surface area contributed by atoms with Gasteiger partial charge in [0.05, 0.1) is 6.54 Å². The highest BCUT2D eigenvalue weighted by Crippen LogP contribution is 2.21. The molecule has 0 amide bonds. The Bertz CT molecular complexity index is 635. The summed E-state index contributed by atoms with van der Waals surface area (Å²) in [6, 6.07) is 6.80. The largest absolute Gasteiger partial charge is 0.314 e. The molecule has 0 saturated heterocycles. The molecule has 21 heavy (non-hydrogen) atoms. The second kappa shape index (κ2) is 6.28. The van der Waals surface area contributed by atoms with Gasteiger partial charge in [0.2, 0.25) is 0 Å². The highest BCUT2D eigenvalue weighted by molar-refractivity contribution is 9.10. The third-order valence-corrected chi connectivity index (χ3v) is 5.07. The van der Waals surface area contributed by atoms with Crippen LogP contribution >= 0.6 is 15.9 Å². The molecular formula is C16H21BrN4. The third kappa shape index (κ3) is 3.19. The minimum Gasteiger partial charge on any atom is -0.314 e. The molecule has 3 rings (SSSR count). The van der Waals surface area contributed by atoms with Crippen molar-refractivity contribution in [3.63, 3.8) is 0 Å². The zero-order valence-electron chi connectivity index (χ0n) is 12.6. The quantitative estimate of drug-likeness (QED) is 0.918. The van der Waals surface area contributed by atoms with Gasteiger partial charge in [-0.2, -0.15) is 0 Å². The van der Waals surface area contributed by atoms with Gasteiger partial charge < -0.3 is 9.88 Å². The zero-order chi connectivity index (χ0) is 14.8. The minimum atomic E-state index is 0.299. The minimum absolute atomic E-state index is 0.299. The predicted molar refractivity (Wildman–Crippen MR) is 87.1 cm³/mol. The van der Waals surface area contributed by atoms with Crippen molar-refractivity contribution in [2.75, 3.05) is 0 Å². The summed E-state index contributed by atoms with van der Waals surface area (Å²) in [5.74, 6) is 2.20. The van der Waals surface area contributed by atoms with Crippen molar-refractivity contribution in [1.82, 2.24) is 20.1 Å². The Morgan fingerprint density at radius 1 is 1.33 bits per heavy atom. The molecular weight excluding hydrogens is 328 g/mol. The van der Waals surface area contributed by atoms with Gasteiger partial charge in [-0.05, 0) is 43.9 Å². The van der Waals surface area contributed by atoms with E-state index < -0.39 is 0 Å². The first kappa shape index (κ1) is 14.7. The Morgan fingerprint density at radius 2 is 2.19 bits per heavy atom. The summed E-state index contributed by atoms with van der Waals surface area (Å²) in [6.45, 7) is 6.14. The van der Waals surface area contributed by atoms with Crippen LogP contribution in [0.25, 0.3) is 0 Å². The standard InChI is InChI=1S/C16H21BrN4/c1-11-9-13(6-7-14(11)17)12(2)18-10-16-20-19-15-5-3-4-8-21(15)16/h6-7,9,12,18H,3-5,8,10H2,1-2H3/t12-/m0/s1. The van der Waals surface area contributed by atoms with Crippen LogP contribution in [0.4, 0.5) is 0 Å². The van der Waals surface area contributed by atoms with Gasteiger partial charge in [-0.15, -0.1) is 10.2 Å². The van der Waals surface area contributed by atoms with Crippen LogP contribution in [0.2, 0.25) is 0 Å². The summed E-state index contributed by atoms with van der Waals surface area (Å²) in [4.78, 5) is 0. The number of aromatic nitrogens is 3. The number of nitrogens with one attached hydrogen (secondary N) is 1. The maximum absolute atomic E-state index is 4.34. The van der Waals surface area contributed by atoms with E-state index in [2.05, 4.69) is 68.1 Å². The van der Waals surface area contributed by atoms with Crippen molar-refractivity contribution in [2.45, 2.75) is 52.2 Å². The van der Waals surface area contributed by atoms with Crippen LogP contribution in [0.15, 0.2) is 22.7 Å². The molecule has 4 nitrogen and oxygen atoms in total. The van der Waals surface area contributed by atoms with E-state index in [4.69, 9.17) is 0 Å². The van der Waals surface area contributed by atoms with Crippen LogP contribution in [-0.2, 0) is 19.5 Å². The van der Waals surface area contributed by atoms with Crippen molar-refractivity contribution in [2.24, 2.45) is 0 Å². The van der Waals surface area contributed by atoms with Gasteiger partial charge in [-0.25, -0.2) is 0 Å². The lowest BCUT2D eigenvalue weighted by Gasteiger charge is -2.17. The van der Waals surface area contributed by atoms with Crippen LogP contribution in [0.5, 0.6) is 0 Å². The molecule has 1 atom stereocenters. The number of halogens is 1. The molecule has 0 saturated carbocycles. The van der Waals surface area contributed by atoms with Crippen molar-refractivity contribution in [3.05, 3.63) is 45.4 Å². The van der Waals surface area contributed by atoms with E-state index in [-0.39, 0.29) is 0 Å². The first-order valence-corrected chi connectivity index (χ1v) is 8.35.